The van der Waals surface area contributed by atoms with Gasteiger partial charge in [-0.25, -0.2) is 4.98 Å². The normalized spacial score (nSPS) is 16.7. The second kappa shape index (κ2) is 6.45. The first-order chi connectivity index (χ1) is 11.1. The number of primary amides is 1. The van der Waals surface area contributed by atoms with Crippen LogP contribution in [-0.4, -0.2) is 21.8 Å². The number of thiophene rings is 1. The maximum Gasteiger partial charge on any atom is 0.276 e. The van der Waals surface area contributed by atoms with E-state index in [-0.39, 0.29) is 11.6 Å². The minimum absolute atomic E-state index is 0.209. The molecule has 0 radical (unpaired) electrons. The Morgan fingerprint density at radius 2 is 2.26 bits per heavy atom. The van der Waals surface area contributed by atoms with Gasteiger partial charge in [-0.2, -0.15) is 0 Å². The Morgan fingerprint density at radius 3 is 2.91 bits per heavy atom. The molecule has 3 rings (SSSR count). The molecule has 0 aromatic carbocycles. The molecule has 0 bridgehead atoms. The van der Waals surface area contributed by atoms with E-state index in [9.17, 15) is 9.59 Å². The highest BCUT2D eigenvalue weighted by molar-refractivity contribution is 7.17. The summed E-state index contributed by atoms with van der Waals surface area (Å²) in [6.45, 7) is 2.18. The molecular formula is C16H18N4O2S. The Labute approximate surface area is 138 Å². The van der Waals surface area contributed by atoms with E-state index in [4.69, 9.17) is 5.73 Å². The molecular weight excluding hydrogens is 312 g/mol. The summed E-state index contributed by atoms with van der Waals surface area (Å²) >= 11 is 1.45. The van der Waals surface area contributed by atoms with Crippen molar-refractivity contribution in [2.75, 3.05) is 5.32 Å². The van der Waals surface area contributed by atoms with Gasteiger partial charge in [-0.15, -0.1) is 11.3 Å². The number of carbonyl (C=O) groups excluding carboxylic acids is 2. The fraction of sp³-hybridized carbons (Fsp3) is 0.375. The van der Waals surface area contributed by atoms with Gasteiger partial charge in [-0.05, 0) is 30.7 Å². The molecule has 0 saturated heterocycles. The van der Waals surface area contributed by atoms with Crippen molar-refractivity contribution >= 4 is 28.2 Å². The SMILES string of the molecule is CC[C@H]1CCc2c(sc(NC(=O)c3cnccn3)c2C(N)=O)C1. The van der Waals surface area contributed by atoms with Crippen LogP contribution in [0.1, 0.15) is 51.1 Å². The number of nitrogens with two attached hydrogens (primary N) is 1. The van der Waals surface area contributed by atoms with Gasteiger partial charge in [0.2, 0.25) is 0 Å². The molecule has 2 aromatic heterocycles. The van der Waals surface area contributed by atoms with Gasteiger partial charge in [0.1, 0.15) is 10.7 Å². The minimum Gasteiger partial charge on any atom is -0.365 e. The van der Waals surface area contributed by atoms with Crippen LogP contribution in [0.5, 0.6) is 0 Å². The van der Waals surface area contributed by atoms with Crippen molar-refractivity contribution in [1.29, 1.82) is 0 Å². The number of rotatable bonds is 4. The fourth-order valence-corrected chi connectivity index (χ4v) is 4.30. The first kappa shape index (κ1) is 15.6. The molecule has 2 aromatic rings. The number of nitrogens with zero attached hydrogens (tertiary/aromatic N) is 2. The highest BCUT2D eigenvalue weighted by Gasteiger charge is 2.28. The highest BCUT2D eigenvalue weighted by atomic mass is 32.1. The van der Waals surface area contributed by atoms with Gasteiger partial charge in [0, 0.05) is 17.3 Å². The lowest BCUT2D eigenvalue weighted by Crippen LogP contribution is -2.20. The van der Waals surface area contributed by atoms with Gasteiger partial charge in [-0.1, -0.05) is 13.3 Å². The number of carbonyl (C=O) groups is 2. The smallest absolute Gasteiger partial charge is 0.276 e. The minimum atomic E-state index is -0.494. The Bertz CT molecular complexity index is 742. The summed E-state index contributed by atoms with van der Waals surface area (Å²) < 4.78 is 0. The van der Waals surface area contributed by atoms with Gasteiger partial charge in [0.15, 0.2) is 0 Å². The number of nitrogens with one attached hydrogen (secondary N) is 1. The topological polar surface area (TPSA) is 98.0 Å². The molecule has 0 saturated carbocycles. The number of hydrogen-bond donors (Lipinski definition) is 2. The lowest BCUT2D eigenvalue weighted by molar-refractivity contribution is 0.1000. The van der Waals surface area contributed by atoms with Crippen LogP contribution in [0.2, 0.25) is 0 Å². The summed E-state index contributed by atoms with van der Waals surface area (Å²) in [5.41, 5.74) is 7.22. The number of hydrogen-bond acceptors (Lipinski definition) is 5. The van der Waals surface area contributed by atoms with Crippen LogP contribution >= 0.6 is 11.3 Å². The second-order valence-corrected chi connectivity index (χ2v) is 6.74. The second-order valence-electron chi connectivity index (χ2n) is 5.63. The lowest BCUT2D eigenvalue weighted by atomic mass is 9.85. The van der Waals surface area contributed by atoms with Crippen LogP contribution in [0.25, 0.3) is 0 Å². The standard InChI is InChI=1S/C16H18N4O2S/c1-2-9-3-4-10-12(7-9)23-16(13(10)14(17)21)20-15(22)11-8-18-5-6-19-11/h5-6,8-9H,2-4,7H2,1H3,(H2,17,21)(H,20,22)/t9-/m0/s1. The lowest BCUT2D eigenvalue weighted by Gasteiger charge is -2.20. The molecule has 23 heavy (non-hydrogen) atoms. The number of fused-ring (bicyclic) bond motifs is 1. The number of anilines is 1. The molecule has 7 heteroatoms. The first-order valence-corrected chi connectivity index (χ1v) is 8.43. The predicted octanol–water partition coefficient (Wildman–Crippen LogP) is 2.40. The van der Waals surface area contributed by atoms with Crippen LogP contribution in [0.4, 0.5) is 5.00 Å². The predicted molar refractivity (Wildman–Crippen MR) is 88.6 cm³/mol. The maximum atomic E-state index is 12.3. The number of aromatic nitrogens is 2. The fourth-order valence-electron chi connectivity index (χ4n) is 2.93. The monoisotopic (exact) mass is 330 g/mol. The molecule has 1 aliphatic carbocycles. The van der Waals surface area contributed by atoms with Crippen molar-refractivity contribution in [2.45, 2.75) is 32.6 Å². The molecule has 0 spiro atoms. The molecule has 0 aliphatic heterocycles. The average Bonchev–Trinajstić information content (AvgIpc) is 2.92. The zero-order valence-electron chi connectivity index (χ0n) is 12.8. The molecule has 1 atom stereocenters. The van der Waals surface area contributed by atoms with E-state index < -0.39 is 5.91 Å². The molecule has 3 N–H and O–H groups in total. The summed E-state index contributed by atoms with van der Waals surface area (Å²) in [5.74, 6) is -0.247. The van der Waals surface area contributed by atoms with Gasteiger partial charge >= 0.3 is 0 Å². The van der Waals surface area contributed by atoms with Gasteiger partial charge in [0.05, 0.1) is 11.8 Å². The summed E-state index contributed by atoms with van der Waals surface area (Å²) in [5, 5.41) is 3.30. The Kier molecular flexibility index (Phi) is 4.38. The Balaban J connectivity index is 1.92. The van der Waals surface area contributed by atoms with Crippen molar-refractivity contribution in [1.82, 2.24) is 9.97 Å². The van der Waals surface area contributed by atoms with E-state index in [1.54, 1.807) is 0 Å². The van der Waals surface area contributed by atoms with E-state index in [2.05, 4.69) is 22.2 Å². The Morgan fingerprint density at radius 1 is 1.43 bits per heavy atom. The zero-order valence-corrected chi connectivity index (χ0v) is 13.7. The third-order valence-corrected chi connectivity index (χ3v) is 5.38. The van der Waals surface area contributed by atoms with Gasteiger partial charge < -0.3 is 11.1 Å². The van der Waals surface area contributed by atoms with Crippen LogP contribution in [0.15, 0.2) is 18.6 Å². The van der Waals surface area contributed by atoms with E-state index >= 15 is 0 Å². The van der Waals surface area contributed by atoms with Crippen molar-refractivity contribution in [2.24, 2.45) is 11.7 Å². The summed E-state index contributed by atoms with van der Waals surface area (Å²) in [4.78, 5) is 33.1. The van der Waals surface area contributed by atoms with Gasteiger partial charge in [0.25, 0.3) is 11.8 Å². The molecule has 2 heterocycles. The molecule has 2 amide bonds. The van der Waals surface area contributed by atoms with E-state index in [0.29, 0.717) is 16.5 Å². The highest BCUT2D eigenvalue weighted by Crippen LogP contribution is 2.40. The van der Waals surface area contributed by atoms with Gasteiger partial charge in [-0.3, -0.25) is 14.6 Å². The van der Waals surface area contributed by atoms with Crippen molar-refractivity contribution in [3.05, 3.63) is 40.3 Å². The Hall–Kier alpha value is -2.28. The van der Waals surface area contributed by atoms with Crippen molar-refractivity contribution in [3.8, 4) is 0 Å². The first-order valence-electron chi connectivity index (χ1n) is 7.61. The third-order valence-electron chi connectivity index (χ3n) is 4.21. The molecule has 0 unspecified atom stereocenters. The molecule has 1 aliphatic rings. The molecule has 0 fully saturated rings. The van der Waals surface area contributed by atoms with E-state index in [1.807, 2.05) is 0 Å². The van der Waals surface area contributed by atoms with Crippen LogP contribution in [0, 0.1) is 5.92 Å². The van der Waals surface area contributed by atoms with E-state index in [0.717, 1.165) is 36.1 Å². The van der Waals surface area contributed by atoms with Crippen LogP contribution in [0.3, 0.4) is 0 Å². The third kappa shape index (κ3) is 3.10. The summed E-state index contributed by atoms with van der Waals surface area (Å²) in [6.07, 6.45) is 8.29. The number of amides is 2. The largest absolute Gasteiger partial charge is 0.365 e. The van der Waals surface area contributed by atoms with Crippen molar-refractivity contribution < 1.29 is 9.59 Å². The van der Waals surface area contributed by atoms with Crippen LogP contribution < -0.4 is 11.1 Å². The zero-order chi connectivity index (χ0) is 16.4. The molecule has 120 valence electrons. The van der Waals surface area contributed by atoms with E-state index in [1.165, 1.54) is 29.9 Å². The maximum absolute atomic E-state index is 12.3. The average molecular weight is 330 g/mol. The van der Waals surface area contributed by atoms with Crippen LogP contribution in [-0.2, 0) is 12.8 Å². The quantitative estimate of drug-likeness (QED) is 0.899. The van der Waals surface area contributed by atoms with Crippen molar-refractivity contribution in [3.63, 3.8) is 0 Å². The summed E-state index contributed by atoms with van der Waals surface area (Å²) in [6, 6.07) is 0. The molecule has 6 nitrogen and oxygen atoms in total. The summed E-state index contributed by atoms with van der Waals surface area (Å²) in [7, 11) is 0.